The fraction of sp³-hybridized carbons (Fsp3) is 0.600. The van der Waals surface area contributed by atoms with E-state index < -0.39 is 11.7 Å². The molecule has 0 aromatic carbocycles. The quantitative estimate of drug-likeness (QED) is 0.802. The number of carbonyl (C=O) groups is 1. The molecule has 1 rings (SSSR count). The van der Waals surface area contributed by atoms with Crippen molar-refractivity contribution in [2.75, 3.05) is 6.54 Å². The third kappa shape index (κ3) is 5.79. The predicted octanol–water partition coefficient (Wildman–Crippen LogP) is 2.51. The summed E-state index contributed by atoms with van der Waals surface area (Å²) < 4.78 is 6.96. The van der Waals surface area contributed by atoms with E-state index in [0.717, 1.165) is 5.56 Å². The standard InChI is InChI=1S/C15H23N3O2/c1-14(2,3)18-11-12(10-17-18)8-7-9-16-13(19)20-15(4,5)6/h10-11H,9H2,1-6H3,(H,16,19). The molecule has 0 spiro atoms. The number of ether oxygens (including phenoxy) is 1. The number of hydrogen-bond donors (Lipinski definition) is 1. The van der Waals surface area contributed by atoms with Crippen molar-refractivity contribution in [2.45, 2.75) is 52.7 Å². The first-order valence-corrected chi connectivity index (χ1v) is 6.59. The fourth-order valence-corrected chi connectivity index (χ4v) is 1.33. The van der Waals surface area contributed by atoms with Crippen LogP contribution >= 0.6 is 0 Å². The van der Waals surface area contributed by atoms with Crippen LogP contribution in [0, 0.1) is 11.8 Å². The van der Waals surface area contributed by atoms with Crippen LogP contribution in [-0.4, -0.2) is 28.0 Å². The SMILES string of the molecule is CC(C)(C)OC(=O)NCC#Cc1cnn(C(C)(C)C)c1. The van der Waals surface area contributed by atoms with Gasteiger partial charge in [0.15, 0.2) is 0 Å². The van der Waals surface area contributed by atoms with Gasteiger partial charge in [-0.2, -0.15) is 5.10 Å². The van der Waals surface area contributed by atoms with Crippen molar-refractivity contribution in [3.8, 4) is 11.8 Å². The molecule has 0 saturated heterocycles. The Morgan fingerprint density at radius 1 is 1.35 bits per heavy atom. The highest BCUT2D eigenvalue weighted by Gasteiger charge is 2.15. The Morgan fingerprint density at radius 3 is 2.50 bits per heavy atom. The van der Waals surface area contributed by atoms with Gasteiger partial charge < -0.3 is 10.1 Å². The third-order valence-corrected chi connectivity index (χ3v) is 2.22. The summed E-state index contributed by atoms with van der Waals surface area (Å²) in [6.07, 6.45) is 3.14. The molecular formula is C15H23N3O2. The molecule has 5 heteroatoms. The molecule has 1 heterocycles. The number of nitrogens with one attached hydrogen (secondary N) is 1. The Kier molecular flexibility index (Phi) is 4.83. The molecule has 0 saturated carbocycles. The minimum Gasteiger partial charge on any atom is -0.444 e. The van der Waals surface area contributed by atoms with Gasteiger partial charge in [0.1, 0.15) is 5.60 Å². The number of amides is 1. The maximum atomic E-state index is 11.4. The molecule has 0 radical (unpaired) electrons. The average molecular weight is 277 g/mol. The molecular weight excluding hydrogens is 254 g/mol. The van der Waals surface area contributed by atoms with Gasteiger partial charge in [0.25, 0.3) is 0 Å². The second-order valence-electron chi connectivity index (χ2n) is 6.50. The van der Waals surface area contributed by atoms with Gasteiger partial charge in [-0.15, -0.1) is 0 Å². The molecule has 0 unspecified atom stereocenters. The van der Waals surface area contributed by atoms with Crippen LogP contribution in [0.15, 0.2) is 12.4 Å². The van der Waals surface area contributed by atoms with Gasteiger partial charge in [-0.05, 0) is 41.5 Å². The molecule has 110 valence electrons. The number of rotatable bonds is 1. The number of carbonyl (C=O) groups excluding carboxylic acids is 1. The Morgan fingerprint density at radius 2 is 2.00 bits per heavy atom. The molecule has 5 nitrogen and oxygen atoms in total. The maximum absolute atomic E-state index is 11.4. The highest BCUT2D eigenvalue weighted by molar-refractivity contribution is 5.68. The van der Waals surface area contributed by atoms with Crippen LogP contribution in [-0.2, 0) is 10.3 Å². The molecule has 0 aliphatic heterocycles. The van der Waals surface area contributed by atoms with Gasteiger partial charge in [-0.1, -0.05) is 11.8 Å². The van der Waals surface area contributed by atoms with Crippen LogP contribution in [0.25, 0.3) is 0 Å². The zero-order valence-electron chi connectivity index (χ0n) is 13.1. The van der Waals surface area contributed by atoms with E-state index in [1.807, 2.05) is 31.6 Å². The summed E-state index contributed by atoms with van der Waals surface area (Å²) >= 11 is 0. The van der Waals surface area contributed by atoms with Gasteiger partial charge in [-0.25, -0.2) is 4.79 Å². The molecule has 1 aromatic rings. The first kappa shape index (κ1) is 16.1. The lowest BCUT2D eigenvalue weighted by Gasteiger charge is -2.19. The van der Waals surface area contributed by atoms with Crippen LogP contribution in [0.5, 0.6) is 0 Å². The highest BCUT2D eigenvalue weighted by atomic mass is 16.6. The summed E-state index contributed by atoms with van der Waals surface area (Å²) in [5.41, 5.74) is 0.269. The highest BCUT2D eigenvalue weighted by Crippen LogP contribution is 2.12. The van der Waals surface area contributed by atoms with Crippen molar-refractivity contribution in [3.05, 3.63) is 18.0 Å². The number of hydrogen-bond acceptors (Lipinski definition) is 3. The normalized spacial score (nSPS) is 11.5. The minimum absolute atomic E-state index is 0.0608. The molecule has 0 bridgehead atoms. The Bertz CT molecular complexity index is 522. The topological polar surface area (TPSA) is 56.1 Å². The second kappa shape index (κ2) is 6.00. The van der Waals surface area contributed by atoms with Crippen LogP contribution in [0.1, 0.15) is 47.1 Å². The van der Waals surface area contributed by atoms with E-state index in [0.29, 0.717) is 0 Å². The number of nitrogens with zero attached hydrogens (tertiary/aromatic N) is 2. The predicted molar refractivity (Wildman–Crippen MR) is 78.3 cm³/mol. The van der Waals surface area contributed by atoms with Crippen molar-refractivity contribution in [2.24, 2.45) is 0 Å². The molecule has 1 aromatic heterocycles. The molecule has 1 amide bonds. The zero-order chi connectivity index (χ0) is 15.4. The summed E-state index contributed by atoms with van der Waals surface area (Å²) in [6.45, 7) is 11.9. The number of aromatic nitrogens is 2. The van der Waals surface area contributed by atoms with Gasteiger partial charge in [-0.3, -0.25) is 4.68 Å². The van der Waals surface area contributed by atoms with E-state index in [-0.39, 0.29) is 12.1 Å². The van der Waals surface area contributed by atoms with Crippen LogP contribution in [0.3, 0.4) is 0 Å². The average Bonchev–Trinajstić information content (AvgIpc) is 2.70. The molecule has 0 aliphatic carbocycles. The van der Waals surface area contributed by atoms with E-state index >= 15 is 0 Å². The van der Waals surface area contributed by atoms with Gasteiger partial charge in [0.05, 0.1) is 23.8 Å². The van der Waals surface area contributed by atoms with Crippen LogP contribution in [0.2, 0.25) is 0 Å². The van der Waals surface area contributed by atoms with Gasteiger partial charge in [0.2, 0.25) is 0 Å². The third-order valence-electron chi connectivity index (χ3n) is 2.22. The van der Waals surface area contributed by atoms with Crippen molar-refractivity contribution >= 4 is 6.09 Å². The molecule has 0 atom stereocenters. The summed E-state index contributed by atoms with van der Waals surface area (Å²) in [5.74, 6) is 5.82. The van der Waals surface area contributed by atoms with Crippen LogP contribution < -0.4 is 5.32 Å². The smallest absolute Gasteiger partial charge is 0.408 e. The van der Waals surface area contributed by atoms with E-state index in [1.165, 1.54) is 0 Å². The van der Waals surface area contributed by atoms with Gasteiger partial charge in [0, 0.05) is 6.20 Å². The molecule has 1 N–H and O–H groups in total. The Hall–Kier alpha value is -1.96. The van der Waals surface area contributed by atoms with Crippen molar-refractivity contribution in [1.29, 1.82) is 0 Å². The first-order valence-electron chi connectivity index (χ1n) is 6.59. The molecule has 20 heavy (non-hydrogen) atoms. The van der Waals surface area contributed by atoms with E-state index in [2.05, 4.69) is 43.0 Å². The Labute approximate surface area is 120 Å². The lowest BCUT2D eigenvalue weighted by molar-refractivity contribution is 0.0535. The molecule has 0 aliphatic rings. The van der Waals surface area contributed by atoms with Crippen molar-refractivity contribution in [1.82, 2.24) is 15.1 Å². The van der Waals surface area contributed by atoms with E-state index in [1.54, 1.807) is 6.20 Å². The van der Waals surface area contributed by atoms with E-state index in [4.69, 9.17) is 4.74 Å². The van der Waals surface area contributed by atoms with Crippen molar-refractivity contribution in [3.63, 3.8) is 0 Å². The summed E-state index contributed by atoms with van der Waals surface area (Å²) in [4.78, 5) is 11.4. The summed E-state index contributed by atoms with van der Waals surface area (Å²) in [6, 6.07) is 0. The lowest BCUT2D eigenvalue weighted by atomic mass is 10.1. The second-order valence-corrected chi connectivity index (χ2v) is 6.50. The molecule has 0 fully saturated rings. The summed E-state index contributed by atoms with van der Waals surface area (Å²) in [7, 11) is 0. The monoisotopic (exact) mass is 277 g/mol. The van der Waals surface area contributed by atoms with Crippen molar-refractivity contribution < 1.29 is 9.53 Å². The first-order chi connectivity index (χ1) is 9.08. The largest absolute Gasteiger partial charge is 0.444 e. The fourth-order valence-electron chi connectivity index (χ4n) is 1.33. The lowest BCUT2D eigenvalue weighted by Crippen LogP contribution is -2.32. The minimum atomic E-state index is -0.495. The number of alkyl carbamates (subject to hydrolysis) is 1. The Balaban J connectivity index is 2.48. The van der Waals surface area contributed by atoms with E-state index in [9.17, 15) is 4.79 Å². The van der Waals surface area contributed by atoms with Gasteiger partial charge >= 0.3 is 6.09 Å². The maximum Gasteiger partial charge on any atom is 0.408 e. The summed E-state index contributed by atoms with van der Waals surface area (Å²) in [5, 5.41) is 6.84. The van der Waals surface area contributed by atoms with Crippen LogP contribution in [0.4, 0.5) is 4.79 Å². The zero-order valence-corrected chi connectivity index (χ0v) is 13.1.